The van der Waals surface area contributed by atoms with Crippen LogP contribution in [0.5, 0.6) is 0 Å². The predicted octanol–water partition coefficient (Wildman–Crippen LogP) is 2.41. The molecular weight excluding hydrogens is 214 g/mol. The highest BCUT2D eigenvalue weighted by atomic mass is 16.7. The van der Waals surface area contributed by atoms with E-state index >= 15 is 0 Å². The second kappa shape index (κ2) is 6.15. The van der Waals surface area contributed by atoms with Crippen molar-refractivity contribution in [2.24, 2.45) is 0 Å². The van der Waals surface area contributed by atoms with Gasteiger partial charge in [0.1, 0.15) is 0 Å². The Morgan fingerprint density at radius 2 is 2.12 bits per heavy atom. The van der Waals surface area contributed by atoms with Gasteiger partial charge in [-0.3, -0.25) is 4.84 Å². The van der Waals surface area contributed by atoms with Crippen molar-refractivity contribution in [2.45, 2.75) is 31.7 Å². The van der Waals surface area contributed by atoms with Crippen LogP contribution in [0.25, 0.3) is 0 Å². The first-order valence-corrected chi connectivity index (χ1v) is 6.22. The minimum Gasteiger partial charge on any atom is -0.382 e. The molecule has 0 spiro atoms. The topological polar surface area (TPSA) is 30.5 Å². The highest BCUT2D eigenvalue weighted by molar-refractivity contribution is 5.27. The summed E-state index contributed by atoms with van der Waals surface area (Å²) < 4.78 is 4.91. The number of methoxy groups -OCH3 is 1. The van der Waals surface area contributed by atoms with Crippen LogP contribution in [0.4, 0.5) is 0 Å². The number of benzene rings is 1. The molecule has 3 heteroatoms. The number of hydrogen-bond donors (Lipinski definition) is 1. The summed E-state index contributed by atoms with van der Waals surface area (Å²) in [7, 11) is 1.68. The van der Waals surface area contributed by atoms with Crippen LogP contribution >= 0.6 is 0 Å². The van der Waals surface area contributed by atoms with Crippen molar-refractivity contribution in [1.29, 1.82) is 0 Å². The lowest BCUT2D eigenvalue weighted by molar-refractivity contribution is -0.0303. The van der Waals surface area contributed by atoms with Gasteiger partial charge in [-0.25, -0.2) is 0 Å². The van der Waals surface area contributed by atoms with Gasteiger partial charge in [0, 0.05) is 13.2 Å². The zero-order chi connectivity index (χ0) is 12.1. The molecule has 17 heavy (non-hydrogen) atoms. The zero-order valence-corrected chi connectivity index (χ0v) is 10.6. The number of rotatable bonds is 6. The van der Waals surface area contributed by atoms with E-state index in [9.17, 15) is 0 Å². The van der Waals surface area contributed by atoms with E-state index in [1.807, 2.05) is 0 Å². The van der Waals surface area contributed by atoms with Gasteiger partial charge in [-0.15, -0.1) is 0 Å². The van der Waals surface area contributed by atoms with Crippen LogP contribution in [-0.2, 0) is 9.57 Å². The average Bonchev–Trinajstić information content (AvgIpc) is 2.26. The van der Waals surface area contributed by atoms with Crippen molar-refractivity contribution in [3.05, 3.63) is 35.4 Å². The molecule has 1 fully saturated rings. The molecule has 1 saturated carbocycles. The molecule has 1 aliphatic carbocycles. The van der Waals surface area contributed by atoms with Gasteiger partial charge in [-0.1, -0.05) is 29.8 Å². The number of hydroxylamine groups is 1. The monoisotopic (exact) mass is 235 g/mol. The molecule has 0 atom stereocenters. The first-order chi connectivity index (χ1) is 8.29. The van der Waals surface area contributed by atoms with Gasteiger partial charge >= 0.3 is 0 Å². The van der Waals surface area contributed by atoms with E-state index in [-0.39, 0.29) is 0 Å². The summed E-state index contributed by atoms with van der Waals surface area (Å²) in [6.07, 6.45) is 2.33. The van der Waals surface area contributed by atoms with Crippen molar-refractivity contribution in [1.82, 2.24) is 5.48 Å². The van der Waals surface area contributed by atoms with E-state index < -0.39 is 0 Å². The van der Waals surface area contributed by atoms with Crippen LogP contribution in [0.2, 0.25) is 0 Å². The van der Waals surface area contributed by atoms with E-state index in [4.69, 9.17) is 9.57 Å². The van der Waals surface area contributed by atoms with Gasteiger partial charge < -0.3 is 4.74 Å². The van der Waals surface area contributed by atoms with Crippen molar-refractivity contribution >= 4 is 0 Å². The fourth-order valence-corrected chi connectivity index (χ4v) is 2.21. The standard InChI is InChI=1S/C14H21NO2/c1-11-4-3-5-12(8-11)13-9-14(10-13)15-17-7-6-16-2/h3-5,8,13-15H,6-7,9-10H2,1-2H3. The Morgan fingerprint density at radius 1 is 1.29 bits per heavy atom. The molecule has 94 valence electrons. The summed E-state index contributed by atoms with van der Waals surface area (Å²) in [6, 6.07) is 9.29. The smallest absolute Gasteiger partial charge is 0.0915 e. The molecule has 0 heterocycles. The summed E-state index contributed by atoms with van der Waals surface area (Å²) in [5.41, 5.74) is 5.89. The van der Waals surface area contributed by atoms with Gasteiger partial charge in [0.25, 0.3) is 0 Å². The van der Waals surface area contributed by atoms with Crippen LogP contribution < -0.4 is 5.48 Å². The number of nitrogens with one attached hydrogen (secondary N) is 1. The molecule has 0 radical (unpaired) electrons. The molecule has 2 rings (SSSR count). The zero-order valence-electron chi connectivity index (χ0n) is 10.6. The molecule has 1 aromatic carbocycles. The highest BCUT2D eigenvalue weighted by Gasteiger charge is 2.30. The maximum absolute atomic E-state index is 5.31. The van der Waals surface area contributed by atoms with E-state index in [2.05, 4.69) is 36.7 Å². The molecule has 1 aromatic rings. The summed E-state index contributed by atoms with van der Waals surface area (Å²) in [5, 5.41) is 0. The maximum atomic E-state index is 5.31. The third kappa shape index (κ3) is 3.53. The highest BCUT2D eigenvalue weighted by Crippen LogP contribution is 2.36. The molecular formula is C14H21NO2. The summed E-state index contributed by atoms with van der Waals surface area (Å²) >= 11 is 0. The Balaban J connectivity index is 1.68. The fourth-order valence-electron chi connectivity index (χ4n) is 2.21. The first kappa shape index (κ1) is 12.6. The molecule has 0 unspecified atom stereocenters. The Hall–Kier alpha value is -0.900. The minimum absolute atomic E-state index is 0.498. The molecule has 1 N–H and O–H groups in total. The molecule has 0 amide bonds. The lowest BCUT2D eigenvalue weighted by Crippen LogP contribution is -2.40. The van der Waals surface area contributed by atoms with Crippen molar-refractivity contribution < 1.29 is 9.57 Å². The Kier molecular flexibility index (Phi) is 4.54. The Bertz CT molecular complexity index is 348. The molecule has 0 aliphatic heterocycles. The summed E-state index contributed by atoms with van der Waals surface area (Å²) in [4.78, 5) is 5.31. The second-order valence-electron chi connectivity index (χ2n) is 4.74. The van der Waals surface area contributed by atoms with Crippen LogP contribution in [0, 0.1) is 6.92 Å². The molecule has 0 saturated heterocycles. The van der Waals surface area contributed by atoms with Crippen molar-refractivity contribution in [2.75, 3.05) is 20.3 Å². The Morgan fingerprint density at radius 3 is 2.82 bits per heavy atom. The van der Waals surface area contributed by atoms with Crippen LogP contribution in [0.3, 0.4) is 0 Å². The SMILES string of the molecule is COCCONC1CC(c2cccc(C)c2)C1. The second-order valence-corrected chi connectivity index (χ2v) is 4.74. The number of ether oxygens (including phenoxy) is 1. The van der Waals surface area contributed by atoms with E-state index in [0.29, 0.717) is 25.2 Å². The number of aryl methyl sites for hydroxylation is 1. The van der Waals surface area contributed by atoms with E-state index in [0.717, 1.165) is 12.8 Å². The summed E-state index contributed by atoms with van der Waals surface area (Å²) in [6.45, 7) is 3.40. The minimum atomic E-state index is 0.498. The Labute approximate surface area is 103 Å². The maximum Gasteiger partial charge on any atom is 0.0915 e. The first-order valence-electron chi connectivity index (χ1n) is 6.22. The van der Waals surface area contributed by atoms with Crippen molar-refractivity contribution in [3.8, 4) is 0 Å². The number of hydrogen-bond acceptors (Lipinski definition) is 3. The van der Waals surface area contributed by atoms with E-state index in [1.165, 1.54) is 11.1 Å². The lowest BCUT2D eigenvalue weighted by Gasteiger charge is -2.35. The van der Waals surface area contributed by atoms with Gasteiger partial charge in [0.15, 0.2) is 0 Å². The fraction of sp³-hybridized carbons (Fsp3) is 0.571. The van der Waals surface area contributed by atoms with Gasteiger partial charge in [-0.05, 0) is 31.2 Å². The van der Waals surface area contributed by atoms with Crippen LogP contribution in [0.1, 0.15) is 29.9 Å². The van der Waals surface area contributed by atoms with Gasteiger partial charge in [0.05, 0.1) is 13.2 Å². The average molecular weight is 235 g/mol. The molecule has 0 aromatic heterocycles. The van der Waals surface area contributed by atoms with Crippen LogP contribution in [-0.4, -0.2) is 26.4 Å². The van der Waals surface area contributed by atoms with Crippen molar-refractivity contribution in [3.63, 3.8) is 0 Å². The molecule has 1 aliphatic rings. The van der Waals surface area contributed by atoms with Crippen LogP contribution in [0.15, 0.2) is 24.3 Å². The summed E-state index contributed by atoms with van der Waals surface area (Å²) in [5.74, 6) is 0.693. The molecule has 0 bridgehead atoms. The quantitative estimate of drug-likeness (QED) is 0.606. The predicted molar refractivity (Wildman–Crippen MR) is 67.9 cm³/mol. The normalized spacial score (nSPS) is 23.4. The van der Waals surface area contributed by atoms with Gasteiger partial charge in [0.2, 0.25) is 0 Å². The third-order valence-corrected chi connectivity index (χ3v) is 3.29. The largest absolute Gasteiger partial charge is 0.382 e. The lowest BCUT2D eigenvalue weighted by atomic mass is 9.76. The molecule has 3 nitrogen and oxygen atoms in total. The van der Waals surface area contributed by atoms with E-state index in [1.54, 1.807) is 7.11 Å². The van der Waals surface area contributed by atoms with Gasteiger partial charge in [-0.2, -0.15) is 5.48 Å². The third-order valence-electron chi connectivity index (χ3n) is 3.29.